The van der Waals surface area contributed by atoms with Crippen LogP contribution in [0.25, 0.3) is 6.08 Å². The number of phenols is 1. The van der Waals surface area contributed by atoms with Crippen molar-refractivity contribution in [3.63, 3.8) is 0 Å². The molecule has 8 heteroatoms. The van der Waals surface area contributed by atoms with E-state index in [-0.39, 0.29) is 30.0 Å². The molecule has 1 fully saturated rings. The van der Waals surface area contributed by atoms with E-state index in [2.05, 4.69) is 24.1 Å². The lowest BCUT2D eigenvalue weighted by Crippen LogP contribution is -2.54. The first-order valence-electron chi connectivity index (χ1n) is 15.6. The fourth-order valence-electron chi connectivity index (χ4n) is 5.47. The number of hydrogen-bond donors (Lipinski definition) is 3. The van der Waals surface area contributed by atoms with E-state index >= 15 is 0 Å². The van der Waals surface area contributed by atoms with Crippen LogP contribution in [0.4, 0.5) is 4.79 Å². The molecule has 0 saturated heterocycles. The largest absolute Gasteiger partial charge is 0.508 e. The number of aromatic hydroxyl groups is 1. The van der Waals surface area contributed by atoms with Crippen LogP contribution in [0.15, 0.2) is 55.1 Å². The lowest BCUT2D eigenvalue weighted by atomic mass is 9.94. The molecule has 0 bridgehead atoms. The van der Waals surface area contributed by atoms with Crippen molar-refractivity contribution in [3.8, 4) is 5.75 Å². The van der Waals surface area contributed by atoms with Gasteiger partial charge in [0.15, 0.2) is 0 Å². The highest BCUT2D eigenvalue weighted by molar-refractivity contribution is 5.92. The molecule has 3 N–H and O–H groups in total. The summed E-state index contributed by atoms with van der Waals surface area (Å²) in [6.45, 7) is 11.6. The van der Waals surface area contributed by atoms with Gasteiger partial charge < -0.3 is 25.4 Å². The molecule has 1 aliphatic carbocycles. The summed E-state index contributed by atoms with van der Waals surface area (Å²) in [5, 5.41) is 15.8. The molecule has 2 unspecified atom stereocenters. The predicted octanol–water partition coefficient (Wildman–Crippen LogP) is 6.68. The zero-order valence-electron chi connectivity index (χ0n) is 26.2. The van der Waals surface area contributed by atoms with Gasteiger partial charge in [0.1, 0.15) is 23.4 Å². The summed E-state index contributed by atoms with van der Waals surface area (Å²) in [7, 11) is 0. The number of benzene rings is 2. The first kappa shape index (κ1) is 33.7. The van der Waals surface area contributed by atoms with Crippen LogP contribution in [0.3, 0.4) is 0 Å². The number of phenolic OH excluding ortho intramolecular Hbond substituents is 1. The lowest BCUT2D eigenvalue weighted by molar-refractivity contribution is -0.143. The molecule has 3 amide bonds. The van der Waals surface area contributed by atoms with E-state index in [1.54, 1.807) is 56.0 Å². The average molecular weight is 592 g/mol. The standard InChI is InChI=1S/C35H49N3O5/c1-6-8-12-22-38(31(27-15-13-14-25(7-2)23-27)32(40)36-28-16-10-9-11-17-28)33(41)30(37-34(42)43-35(3,4)5)24-26-18-20-29(39)21-19-26/h7,13-15,18-21,23,28,30-31,39H,2,6,8-12,16-17,22,24H2,1,3-5H3,(H,36,40)(H,37,42). The molecule has 1 aliphatic rings. The fourth-order valence-corrected chi connectivity index (χ4v) is 5.47. The maximum Gasteiger partial charge on any atom is 0.408 e. The van der Waals surface area contributed by atoms with Crippen LogP contribution in [0, 0.1) is 0 Å². The minimum Gasteiger partial charge on any atom is -0.508 e. The zero-order valence-corrected chi connectivity index (χ0v) is 26.2. The highest BCUT2D eigenvalue weighted by Crippen LogP contribution is 2.27. The Balaban J connectivity index is 2.04. The number of rotatable bonds is 13. The normalized spacial score (nSPS) is 15.2. The summed E-state index contributed by atoms with van der Waals surface area (Å²) < 4.78 is 5.53. The van der Waals surface area contributed by atoms with Gasteiger partial charge in [0.25, 0.3) is 0 Å². The van der Waals surface area contributed by atoms with Gasteiger partial charge in [0.05, 0.1) is 0 Å². The Morgan fingerprint density at radius 1 is 1.07 bits per heavy atom. The van der Waals surface area contributed by atoms with E-state index in [0.717, 1.165) is 56.1 Å². The monoisotopic (exact) mass is 591 g/mol. The summed E-state index contributed by atoms with van der Waals surface area (Å²) in [6.07, 6.45) is 8.82. The number of nitrogens with one attached hydrogen (secondary N) is 2. The van der Waals surface area contributed by atoms with Crippen LogP contribution in [0.1, 0.15) is 102 Å². The van der Waals surface area contributed by atoms with Gasteiger partial charge in [-0.1, -0.05) is 82.0 Å². The first-order chi connectivity index (χ1) is 20.5. The second kappa shape index (κ2) is 16.1. The van der Waals surface area contributed by atoms with Crippen molar-refractivity contribution in [2.75, 3.05) is 6.54 Å². The quantitative estimate of drug-likeness (QED) is 0.225. The third-order valence-corrected chi connectivity index (χ3v) is 7.62. The van der Waals surface area contributed by atoms with Crippen LogP contribution in [0.2, 0.25) is 0 Å². The predicted molar refractivity (Wildman–Crippen MR) is 170 cm³/mol. The van der Waals surface area contributed by atoms with E-state index < -0.39 is 23.8 Å². The summed E-state index contributed by atoms with van der Waals surface area (Å²) in [4.78, 5) is 43.3. The van der Waals surface area contributed by atoms with E-state index in [1.165, 1.54) is 0 Å². The molecule has 0 aliphatic heterocycles. The minimum absolute atomic E-state index is 0.0617. The van der Waals surface area contributed by atoms with E-state index in [0.29, 0.717) is 18.5 Å². The summed E-state index contributed by atoms with van der Waals surface area (Å²) >= 11 is 0. The molecule has 43 heavy (non-hydrogen) atoms. The Morgan fingerprint density at radius 3 is 2.40 bits per heavy atom. The van der Waals surface area contributed by atoms with Crippen LogP contribution in [-0.4, -0.2) is 52.1 Å². The minimum atomic E-state index is -1.01. The topological polar surface area (TPSA) is 108 Å². The molecule has 2 aromatic carbocycles. The third-order valence-electron chi connectivity index (χ3n) is 7.62. The highest BCUT2D eigenvalue weighted by Gasteiger charge is 2.37. The van der Waals surface area contributed by atoms with E-state index in [4.69, 9.17) is 4.74 Å². The molecule has 3 rings (SSSR count). The van der Waals surface area contributed by atoms with Gasteiger partial charge in [0, 0.05) is 19.0 Å². The number of amides is 3. The molecule has 234 valence electrons. The molecule has 0 heterocycles. The number of alkyl carbamates (subject to hydrolysis) is 1. The highest BCUT2D eigenvalue weighted by atomic mass is 16.6. The lowest BCUT2D eigenvalue weighted by Gasteiger charge is -2.36. The van der Waals surface area contributed by atoms with Gasteiger partial charge in [-0.25, -0.2) is 4.79 Å². The van der Waals surface area contributed by atoms with Crippen molar-refractivity contribution < 1.29 is 24.2 Å². The Kier molecular flexibility index (Phi) is 12.7. The number of hydrogen-bond acceptors (Lipinski definition) is 5. The SMILES string of the molecule is C=Cc1cccc(C(C(=O)NC2CCCCC2)N(CCCCC)C(=O)C(Cc2ccc(O)cc2)NC(=O)OC(C)(C)C)c1. The van der Waals surface area contributed by atoms with Crippen LogP contribution in [-0.2, 0) is 20.7 Å². The summed E-state index contributed by atoms with van der Waals surface area (Å²) in [5.74, 6) is -0.490. The van der Waals surface area contributed by atoms with E-state index in [9.17, 15) is 19.5 Å². The van der Waals surface area contributed by atoms with Gasteiger partial charge in [-0.15, -0.1) is 0 Å². The van der Waals surface area contributed by atoms with Crippen LogP contribution in [0.5, 0.6) is 5.75 Å². The zero-order chi connectivity index (χ0) is 31.4. The second-order valence-electron chi connectivity index (χ2n) is 12.4. The Bertz CT molecular complexity index is 1210. The number of carbonyl (C=O) groups excluding carboxylic acids is 3. The van der Waals surface area contributed by atoms with Gasteiger partial charge in [-0.3, -0.25) is 9.59 Å². The second-order valence-corrected chi connectivity index (χ2v) is 12.4. The number of carbonyl (C=O) groups is 3. The maximum atomic E-state index is 14.6. The van der Waals surface area contributed by atoms with Crippen molar-refractivity contribution >= 4 is 24.0 Å². The van der Waals surface area contributed by atoms with Crippen molar-refractivity contribution in [3.05, 3.63) is 71.8 Å². The van der Waals surface area contributed by atoms with E-state index in [1.807, 2.05) is 24.3 Å². The summed E-state index contributed by atoms with van der Waals surface area (Å²) in [6, 6.07) is 12.2. The van der Waals surface area contributed by atoms with Crippen molar-refractivity contribution in [2.24, 2.45) is 0 Å². The number of nitrogens with zero attached hydrogens (tertiary/aromatic N) is 1. The first-order valence-corrected chi connectivity index (χ1v) is 15.6. The molecule has 8 nitrogen and oxygen atoms in total. The van der Waals surface area contributed by atoms with Gasteiger partial charge >= 0.3 is 6.09 Å². The molecule has 0 radical (unpaired) electrons. The van der Waals surface area contributed by atoms with Gasteiger partial charge in [-0.05, 0) is 74.9 Å². The van der Waals surface area contributed by atoms with Gasteiger partial charge in [0.2, 0.25) is 11.8 Å². The Labute approximate surface area is 256 Å². The summed E-state index contributed by atoms with van der Waals surface area (Å²) in [5.41, 5.74) is 1.53. The molecule has 0 aromatic heterocycles. The Hall–Kier alpha value is -3.81. The Morgan fingerprint density at radius 2 is 1.77 bits per heavy atom. The smallest absolute Gasteiger partial charge is 0.408 e. The van der Waals surface area contributed by atoms with Crippen molar-refractivity contribution in [1.29, 1.82) is 0 Å². The van der Waals surface area contributed by atoms with Gasteiger partial charge in [-0.2, -0.15) is 0 Å². The van der Waals surface area contributed by atoms with Crippen molar-refractivity contribution in [1.82, 2.24) is 15.5 Å². The molecule has 2 atom stereocenters. The number of ether oxygens (including phenoxy) is 1. The fraction of sp³-hybridized carbons (Fsp3) is 0.514. The third kappa shape index (κ3) is 10.8. The molecule has 0 spiro atoms. The van der Waals surface area contributed by atoms with Crippen LogP contribution < -0.4 is 10.6 Å². The molecular weight excluding hydrogens is 542 g/mol. The molecular formula is C35H49N3O5. The van der Waals surface area contributed by atoms with Crippen molar-refractivity contribution in [2.45, 2.75) is 109 Å². The number of unbranched alkanes of at least 4 members (excludes halogenated alkanes) is 2. The molecule has 1 saturated carbocycles. The van der Waals surface area contributed by atoms with Crippen LogP contribution >= 0.6 is 0 Å². The average Bonchev–Trinajstić information content (AvgIpc) is 2.96. The molecule has 2 aromatic rings. The maximum absolute atomic E-state index is 14.6.